The van der Waals surface area contributed by atoms with E-state index in [0.717, 1.165) is 5.56 Å². The van der Waals surface area contributed by atoms with Crippen LogP contribution in [0.15, 0.2) is 12.3 Å². The number of nitrogens with one attached hydrogen (secondary N) is 1. The summed E-state index contributed by atoms with van der Waals surface area (Å²) in [6.07, 6.45) is 1.58. The molecule has 0 saturated heterocycles. The van der Waals surface area contributed by atoms with E-state index in [-0.39, 0.29) is 12.4 Å². The Kier molecular flexibility index (Phi) is 3.06. The fourth-order valence-electron chi connectivity index (χ4n) is 0.964. The first-order valence-electron chi connectivity index (χ1n) is 4.47. The summed E-state index contributed by atoms with van der Waals surface area (Å²) >= 11 is 0. The van der Waals surface area contributed by atoms with Gasteiger partial charge in [-0.05, 0) is 32.4 Å². The van der Waals surface area contributed by atoms with Gasteiger partial charge in [0, 0.05) is 12.7 Å². The van der Waals surface area contributed by atoms with E-state index in [1.54, 1.807) is 27.0 Å². The summed E-state index contributed by atoms with van der Waals surface area (Å²) in [4.78, 5) is 3.88. The van der Waals surface area contributed by atoms with Crippen LogP contribution in [0.5, 0.6) is 0 Å². The van der Waals surface area contributed by atoms with Crippen molar-refractivity contribution in [1.29, 1.82) is 0 Å². The zero-order valence-electron chi connectivity index (χ0n) is 8.63. The van der Waals surface area contributed by atoms with Gasteiger partial charge in [0.2, 0.25) is 0 Å². The third-order valence-corrected chi connectivity index (χ3v) is 1.67. The fourth-order valence-corrected chi connectivity index (χ4v) is 0.964. The van der Waals surface area contributed by atoms with Gasteiger partial charge in [0.25, 0.3) is 0 Å². The molecule has 1 rings (SSSR count). The lowest BCUT2D eigenvalue weighted by molar-refractivity contribution is 0.0943. The number of aliphatic hydroxyl groups is 1. The van der Waals surface area contributed by atoms with Crippen molar-refractivity contribution in [2.24, 2.45) is 0 Å². The molecule has 0 spiro atoms. The molecule has 1 aromatic heterocycles. The van der Waals surface area contributed by atoms with Crippen molar-refractivity contribution < 1.29 is 9.50 Å². The second-order valence-corrected chi connectivity index (χ2v) is 4.01. The molecule has 0 aromatic carbocycles. The summed E-state index contributed by atoms with van der Waals surface area (Å²) in [6, 6.07) is 1.40. The molecule has 0 aliphatic heterocycles. The zero-order valence-corrected chi connectivity index (χ0v) is 8.63. The summed E-state index contributed by atoms with van der Waals surface area (Å²) < 4.78 is 13.2. The number of hydrogen-bond donors (Lipinski definition) is 2. The molecule has 1 heterocycles. The quantitative estimate of drug-likeness (QED) is 0.777. The summed E-state index contributed by atoms with van der Waals surface area (Å²) in [7, 11) is 0. The maximum Gasteiger partial charge on any atom is 0.165 e. The first kappa shape index (κ1) is 10.9. The molecule has 0 atom stereocenters. The van der Waals surface area contributed by atoms with E-state index in [4.69, 9.17) is 0 Å². The minimum Gasteiger partial charge on any atom is -0.389 e. The predicted octanol–water partition coefficient (Wildman–Crippen LogP) is 1.71. The van der Waals surface area contributed by atoms with Crippen molar-refractivity contribution in [1.82, 2.24) is 4.98 Å². The highest BCUT2D eigenvalue weighted by atomic mass is 19.1. The van der Waals surface area contributed by atoms with Crippen LogP contribution < -0.4 is 5.32 Å². The van der Waals surface area contributed by atoms with Gasteiger partial charge in [-0.25, -0.2) is 9.37 Å². The molecule has 0 unspecified atom stereocenters. The van der Waals surface area contributed by atoms with Gasteiger partial charge in [0.1, 0.15) is 0 Å². The number of aromatic nitrogens is 1. The van der Waals surface area contributed by atoms with Crippen LogP contribution in [0.25, 0.3) is 0 Å². The van der Waals surface area contributed by atoms with Crippen LogP contribution in [-0.2, 0) is 0 Å². The highest BCUT2D eigenvalue weighted by Crippen LogP contribution is 2.12. The Labute approximate surface area is 83.0 Å². The van der Waals surface area contributed by atoms with Gasteiger partial charge < -0.3 is 10.4 Å². The van der Waals surface area contributed by atoms with E-state index >= 15 is 0 Å². The van der Waals surface area contributed by atoms with Crippen molar-refractivity contribution in [3.05, 3.63) is 23.6 Å². The van der Waals surface area contributed by atoms with E-state index < -0.39 is 11.4 Å². The maximum atomic E-state index is 13.2. The molecule has 78 valence electrons. The molecule has 4 heteroatoms. The average Bonchev–Trinajstić information content (AvgIpc) is 2.00. The van der Waals surface area contributed by atoms with Gasteiger partial charge in [-0.15, -0.1) is 0 Å². The van der Waals surface area contributed by atoms with Gasteiger partial charge in [0.15, 0.2) is 11.6 Å². The van der Waals surface area contributed by atoms with E-state index in [2.05, 4.69) is 10.3 Å². The number of aryl methyl sites for hydroxylation is 1. The third-order valence-electron chi connectivity index (χ3n) is 1.67. The van der Waals surface area contributed by atoms with Crippen LogP contribution in [0.1, 0.15) is 19.4 Å². The normalized spacial score (nSPS) is 11.5. The van der Waals surface area contributed by atoms with Gasteiger partial charge in [-0.1, -0.05) is 0 Å². The van der Waals surface area contributed by atoms with E-state index in [1.807, 2.05) is 0 Å². The molecule has 0 amide bonds. The number of nitrogens with zero attached hydrogens (tertiary/aromatic N) is 1. The third kappa shape index (κ3) is 3.30. The SMILES string of the molecule is Cc1cnc(NCC(C)(C)O)c(F)c1. The molecule has 0 aliphatic carbocycles. The van der Waals surface area contributed by atoms with Crippen molar-refractivity contribution in [2.45, 2.75) is 26.4 Å². The van der Waals surface area contributed by atoms with E-state index in [9.17, 15) is 9.50 Å². The second kappa shape index (κ2) is 3.92. The molecule has 0 fully saturated rings. The standard InChI is InChI=1S/C10H15FN2O/c1-7-4-8(11)9(12-5-7)13-6-10(2,3)14/h4-5,14H,6H2,1-3H3,(H,12,13). The van der Waals surface area contributed by atoms with E-state index in [0.29, 0.717) is 0 Å². The highest BCUT2D eigenvalue weighted by molar-refractivity contribution is 5.37. The largest absolute Gasteiger partial charge is 0.389 e. The van der Waals surface area contributed by atoms with Crippen LogP contribution in [-0.4, -0.2) is 22.2 Å². The van der Waals surface area contributed by atoms with Crippen LogP contribution in [0.3, 0.4) is 0 Å². The van der Waals surface area contributed by atoms with Gasteiger partial charge in [-0.2, -0.15) is 0 Å². The molecule has 2 N–H and O–H groups in total. The minimum absolute atomic E-state index is 0.178. The Morgan fingerprint density at radius 2 is 2.21 bits per heavy atom. The summed E-state index contributed by atoms with van der Waals surface area (Å²) in [5, 5.41) is 12.2. The predicted molar refractivity (Wildman–Crippen MR) is 53.7 cm³/mol. The summed E-state index contributed by atoms with van der Waals surface area (Å²) in [6.45, 7) is 5.33. The van der Waals surface area contributed by atoms with Gasteiger partial charge in [0.05, 0.1) is 5.60 Å². The lowest BCUT2D eigenvalue weighted by atomic mass is 10.1. The molecule has 3 nitrogen and oxygen atoms in total. The smallest absolute Gasteiger partial charge is 0.165 e. The Hall–Kier alpha value is -1.16. The van der Waals surface area contributed by atoms with Crippen LogP contribution in [0.4, 0.5) is 10.2 Å². The first-order valence-corrected chi connectivity index (χ1v) is 4.47. The molecule has 0 saturated carbocycles. The number of pyridine rings is 1. The van der Waals surface area contributed by atoms with Crippen LogP contribution in [0, 0.1) is 12.7 Å². The summed E-state index contributed by atoms with van der Waals surface area (Å²) in [5.41, 5.74) is -0.102. The Morgan fingerprint density at radius 1 is 1.57 bits per heavy atom. The average molecular weight is 198 g/mol. The lowest BCUT2D eigenvalue weighted by Gasteiger charge is -2.18. The topological polar surface area (TPSA) is 45.2 Å². The number of anilines is 1. The van der Waals surface area contributed by atoms with Crippen LogP contribution in [0.2, 0.25) is 0 Å². The van der Waals surface area contributed by atoms with Gasteiger partial charge in [-0.3, -0.25) is 0 Å². The van der Waals surface area contributed by atoms with Gasteiger partial charge >= 0.3 is 0 Å². The zero-order chi connectivity index (χ0) is 10.8. The maximum absolute atomic E-state index is 13.2. The number of rotatable bonds is 3. The Balaban J connectivity index is 2.68. The van der Waals surface area contributed by atoms with Crippen molar-refractivity contribution in [2.75, 3.05) is 11.9 Å². The molecule has 0 aliphatic rings. The Bertz CT molecular complexity index is 320. The molecule has 0 bridgehead atoms. The minimum atomic E-state index is -0.876. The van der Waals surface area contributed by atoms with Crippen LogP contribution >= 0.6 is 0 Å². The summed E-state index contributed by atoms with van der Waals surface area (Å²) in [5.74, 6) is -0.216. The molecule has 1 aromatic rings. The monoisotopic (exact) mass is 198 g/mol. The number of halogens is 1. The van der Waals surface area contributed by atoms with E-state index in [1.165, 1.54) is 6.07 Å². The molecular formula is C10H15FN2O. The lowest BCUT2D eigenvalue weighted by Crippen LogP contribution is -2.29. The second-order valence-electron chi connectivity index (χ2n) is 4.01. The molecule has 0 radical (unpaired) electrons. The first-order chi connectivity index (χ1) is 6.38. The molecule has 14 heavy (non-hydrogen) atoms. The van der Waals surface area contributed by atoms with Crippen molar-refractivity contribution in [3.8, 4) is 0 Å². The highest BCUT2D eigenvalue weighted by Gasteiger charge is 2.13. The molecular weight excluding hydrogens is 183 g/mol. The van der Waals surface area contributed by atoms with Crippen molar-refractivity contribution in [3.63, 3.8) is 0 Å². The number of hydrogen-bond acceptors (Lipinski definition) is 3. The van der Waals surface area contributed by atoms with Crippen molar-refractivity contribution >= 4 is 5.82 Å². The fraction of sp³-hybridized carbons (Fsp3) is 0.500. The Morgan fingerprint density at radius 3 is 2.71 bits per heavy atom.